The molecular weight excluding hydrogens is 300 g/mol. The summed E-state index contributed by atoms with van der Waals surface area (Å²) >= 11 is 0. The number of nitrogens with zero attached hydrogens (tertiary/aromatic N) is 3. The van der Waals surface area contributed by atoms with Gasteiger partial charge in [-0.3, -0.25) is 4.98 Å². The van der Waals surface area contributed by atoms with E-state index in [0.717, 1.165) is 23.2 Å². The van der Waals surface area contributed by atoms with E-state index in [9.17, 15) is 5.26 Å². The zero-order chi connectivity index (χ0) is 17.7. The average molecular weight is 324 g/mol. The summed E-state index contributed by atoms with van der Waals surface area (Å²) in [5.41, 5.74) is 8.95. The van der Waals surface area contributed by atoms with Crippen LogP contribution in [0.1, 0.15) is 38.4 Å². The van der Waals surface area contributed by atoms with Crippen molar-refractivity contribution in [2.24, 2.45) is 11.7 Å². The van der Waals surface area contributed by atoms with Crippen molar-refractivity contribution in [2.75, 3.05) is 6.61 Å². The maximum Gasteiger partial charge on any atom is 0.231 e. The predicted molar refractivity (Wildman–Crippen MR) is 94.5 cm³/mol. The van der Waals surface area contributed by atoms with Crippen molar-refractivity contribution in [3.05, 3.63) is 41.9 Å². The van der Waals surface area contributed by atoms with Gasteiger partial charge in [-0.1, -0.05) is 13.8 Å². The summed E-state index contributed by atoms with van der Waals surface area (Å²) < 4.78 is 5.74. The van der Waals surface area contributed by atoms with E-state index in [1.165, 1.54) is 0 Å². The van der Waals surface area contributed by atoms with Crippen molar-refractivity contribution in [3.63, 3.8) is 0 Å². The van der Waals surface area contributed by atoms with Crippen LogP contribution in [0.25, 0.3) is 11.1 Å². The molecule has 2 rings (SSSR count). The van der Waals surface area contributed by atoms with Crippen LogP contribution < -0.4 is 10.5 Å². The van der Waals surface area contributed by atoms with Crippen molar-refractivity contribution < 1.29 is 4.74 Å². The summed E-state index contributed by atoms with van der Waals surface area (Å²) in [6.45, 7) is 8.44. The van der Waals surface area contributed by atoms with E-state index in [-0.39, 0.29) is 0 Å². The Kier molecular flexibility index (Phi) is 5.53. The first-order valence-electron chi connectivity index (χ1n) is 8.05. The molecule has 0 saturated heterocycles. The molecule has 2 aromatic rings. The molecule has 0 radical (unpaired) electrons. The number of aryl methyl sites for hydroxylation is 1. The van der Waals surface area contributed by atoms with Crippen molar-refractivity contribution in [1.82, 2.24) is 9.97 Å². The Labute approximate surface area is 143 Å². The fourth-order valence-electron chi connectivity index (χ4n) is 2.76. The number of hydrogen-bond donors (Lipinski definition) is 1. The van der Waals surface area contributed by atoms with E-state index in [0.29, 0.717) is 24.0 Å². The minimum Gasteiger partial charge on any atom is -0.475 e. The number of nitrogens with two attached hydrogens (primary N) is 1. The zero-order valence-electron chi connectivity index (χ0n) is 14.7. The van der Waals surface area contributed by atoms with Crippen LogP contribution in [0.5, 0.6) is 5.88 Å². The molecule has 0 bridgehead atoms. The quantitative estimate of drug-likeness (QED) is 0.879. The van der Waals surface area contributed by atoms with Crippen LogP contribution in [0.2, 0.25) is 0 Å². The van der Waals surface area contributed by atoms with Gasteiger partial charge in [0.25, 0.3) is 0 Å². The maximum atomic E-state index is 9.41. The fraction of sp³-hybridized carbons (Fsp3) is 0.421. The number of rotatable bonds is 6. The van der Waals surface area contributed by atoms with Gasteiger partial charge in [0.15, 0.2) is 0 Å². The van der Waals surface area contributed by atoms with Gasteiger partial charge in [0.05, 0.1) is 0 Å². The molecule has 0 aliphatic carbocycles. The smallest absolute Gasteiger partial charge is 0.231 e. The molecule has 0 aliphatic rings. The van der Waals surface area contributed by atoms with Gasteiger partial charge in [0.1, 0.15) is 18.2 Å². The van der Waals surface area contributed by atoms with Crippen LogP contribution >= 0.6 is 0 Å². The van der Waals surface area contributed by atoms with E-state index in [1.54, 1.807) is 18.5 Å². The molecule has 0 aliphatic heterocycles. The maximum absolute atomic E-state index is 9.41. The van der Waals surface area contributed by atoms with E-state index in [4.69, 9.17) is 10.5 Å². The largest absolute Gasteiger partial charge is 0.475 e. The van der Waals surface area contributed by atoms with E-state index in [2.05, 4.69) is 29.9 Å². The van der Waals surface area contributed by atoms with Crippen molar-refractivity contribution in [2.45, 2.75) is 39.7 Å². The molecule has 126 valence electrons. The molecular formula is C19H24N4O. The van der Waals surface area contributed by atoms with Crippen LogP contribution in [0.4, 0.5) is 0 Å². The zero-order valence-corrected chi connectivity index (χ0v) is 14.7. The highest BCUT2D eigenvalue weighted by molar-refractivity contribution is 5.65. The lowest BCUT2D eigenvalue weighted by Gasteiger charge is -2.26. The molecule has 0 saturated carbocycles. The number of ether oxygens (including phenoxy) is 1. The van der Waals surface area contributed by atoms with Crippen molar-refractivity contribution in [3.8, 4) is 23.1 Å². The molecule has 24 heavy (non-hydrogen) atoms. The van der Waals surface area contributed by atoms with Crippen molar-refractivity contribution >= 4 is 0 Å². The first-order valence-corrected chi connectivity index (χ1v) is 8.05. The number of nitriles is 1. The summed E-state index contributed by atoms with van der Waals surface area (Å²) in [7, 11) is 0. The van der Waals surface area contributed by atoms with Crippen LogP contribution in [-0.2, 0) is 0 Å². The Bertz CT molecular complexity index is 747. The summed E-state index contributed by atoms with van der Waals surface area (Å²) in [5.74, 6) is 0.803. The Morgan fingerprint density at radius 3 is 2.67 bits per heavy atom. The first kappa shape index (κ1) is 17.9. The summed E-state index contributed by atoms with van der Waals surface area (Å²) in [6, 6.07) is 7.79. The second-order valence-corrected chi connectivity index (χ2v) is 6.92. The fourth-order valence-corrected chi connectivity index (χ4v) is 2.76. The average Bonchev–Trinajstić information content (AvgIpc) is 2.51. The van der Waals surface area contributed by atoms with Crippen LogP contribution in [0, 0.1) is 24.2 Å². The Hall–Kier alpha value is -2.45. The standard InChI is InChI=1S/C19H24N4O/c1-13(2)9-19(4,21)12-24-18-16(10-20)8-17(11-23-18)15-5-6-22-14(3)7-15/h5-8,11,13H,9,12,21H2,1-4H3. The summed E-state index contributed by atoms with van der Waals surface area (Å²) in [4.78, 5) is 8.50. The second kappa shape index (κ2) is 7.41. The Morgan fingerprint density at radius 1 is 1.29 bits per heavy atom. The molecule has 0 fully saturated rings. The van der Waals surface area contributed by atoms with E-state index in [1.807, 2.05) is 26.0 Å². The third-order valence-electron chi connectivity index (χ3n) is 3.61. The van der Waals surface area contributed by atoms with Gasteiger partial charge in [-0.05, 0) is 49.9 Å². The highest BCUT2D eigenvalue weighted by Gasteiger charge is 2.22. The van der Waals surface area contributed by atoms with Gasteiger partial charge >= 0.3 is 0 Å². The second-order valence-electron chi connectivity index (χ2n) is 6.92. The first-order chi connectivity index (χ1) is 11.3. The molecule has 5 nitrogen and oxygen atoms in total. The van der Waals surface area contributed by atoms with Gasteiger partial charge < -0.3 is 10.5 Å². The number of pyridine rings is 2. The molecule has 5 heteroatoms. The minimum atomic E-state index is -0.455. The van der Waals surface area contributed by atoms with Gasteiger partial charge in [0, 0.05) is 29.2 Å². The third kappa shape index (κ3) is 4.77. The molecule has 0 spiro atoms. The SMILES string of the molecule is Cc1cc(-c2cnc(OCC(C)(N)CC(C)C)c(C#N)c2)ccn1. The molecule has 2 aromatic heterocycles. The predicted octanol–water partition coefficient (Wildman–Crippen LogP) is 3.47. The highest BCUT2D eigenvalue weighted by Crippen LogP contribution is 2.25. The minimum absolute atomic E-state index is 0.320. The Balaban J connectivity index is 2.20. The lowest BCUT2D eigenvalue weighted by molar-refractivity contribution is 0.200. The molecule has 1 unspecified atom stereocenters. The summed E-state index contributed by atoms with van der Waals surface area (Å²) in [5, 5.41) is 9.41. The van der Waals surface area contributed by atoms with Gasteiger partial charge in [-0.25, -0.2) is 4.98 Å². The van der Waals surface area contributed by atoms with Gasteiger partial charge in [-0.15, -0.1) is 0 Å². The lowest BCUT2D eigenvalue weighted by Crippen LogP contribution is -2.43. The number of hydrogen-bond acceptors (Lipinski definition) is 5. The Morgan fingerprint density at radius 2 is 2.04 bits per heavy atom. The topological polar surface area (TPSA) is 84.8 Å². The number of aromatic nitrogens is 2. The molecule has 2 heterocycles. The summed E-state index contributed by atoms with van der Waals surface area (Å²) in [6.07, 6.45) is 4.29. The van der Waals surface area contributed by atoms with E-state index < -0.39 is 5.54 Å². The third-order valence-corrected chi connectivity index (χ3v) is 3.61. The highest BCUT2D eigenvalue weighted by atomic mass is 16.5. The molecule has 0 amide bonds. The molecule has 2 N–H and O–H groups in total. The lowest BCUT2D eigenvalue weighted by atomic mass is 9.93. The van der Waals surface area contributed by atoms with Crippen LogP contribution in [0.15, 0.2) is 30.6 Å². The monoisotopic (exact) mass is 324 g/mol. The van der Waals surface area contributed by atoms with Crippen LogP contribution in [0.3, 0.4) is 0 Å². The molecule has 1 atom stereocenters. The van der Waals surface area contributed by atoms with Crippen molar-refractivity contribution in [1.29, 1.82) is 5.26 Å². The van der Waals surface area contributed by atoms with Gasteiger partial charge in [-0.2, -0.15) is 5.26 Å². The normalized spacial score (nSPS) is 13.4. The molecule has 0 aromatic carbocycles. The van der Waals surface area contributed by atoms with Gasteiger partial charge in [0.2, 0.25) is 5.88 Å². The van der Waals surface area contributed by atoms with Crippen LogP contribution in [-0.4, -0.2) is 22.1 Å². The van der Waals surface area contributed by atoms with E-state index >= 15 is 0 Å².